The molecule has 0 fully saturated rings. The van der Waals surface area contributed by atoms with Crippen molar-refractivity contribution in [2.75, 3.05) is 6.54 Å². The van der Waals surface area contributed by atoms with E-state index in [1.807, 2.05) is 25.1 Å². The number of halogens is 3. The highest BCUT2D eigenvalue weighted by Gasteiger charge is 2.14. The first-order chi connectivity index (χ1) is 9.99. The van der Waals surface area contributed by atoms with Crippen molar-refractivity contribution in [2.24, 2.45) is 0 Å². The van der Waals surface area contributed by atoms with Gasteiger partial charge in [-0.2, -0.15) is 0 Å². The highest BCUT2D eigenvalue weighted by Crippen LogP contribution is 2.27. The fraction of sp³-hybridized carbons (Fsp3) is 0.294. The Morgan fingerprint density at radius 3 is 2.62 bits per heavy atom. The summed E-state index contributed by atoms with van der Waals surface area (Å²) in [5, 5.41) is 4.18. The molecule has 0 radical (unpaired) electrons. The van der Waals surface area contributed by atoms with E-state index in [4.69, 9.17) is 11.6 Å². The van der Waals surface area contributed by atoms with Gasteiger partial charge in [0.05, 0.1) is 0 Å². The van der Waals surface area contributed by atoms with Gasteiger partial charge in [0.1, 0.15) is 5.82 Å². The number of hydrogen-bond donors (Lipinski definition) is 1. The molecule has 0 saturated carbocycles. The van der Waals surface area contributed by atoms with Crippen LogP contribution in [-0.4, -0.2) is 6.54 Å². The molecule has 112 valence electrons. The van der Waals surface area contributed by atoms with Crippen molar-refractivity contribution < 1.29 is 4.39 Å². The monoisotopic (exact) mass is 369 g/mol. The molecule has 21 heavy (non-hydrogen) atoms. The summed E-state index contributed by atoms with van der Waals surface area (Å²) in [7, 11) is 0. The van der Waals surface area contributed by atoms with E-state index in [2.05, 4.69) is 34.2 Å². The van der Waals surface area contributed by atoms with Crippen molar-refractivity contribution >= 4 is 27.5 Å². The van der Waals surface area contributed by atoms with Crippen LogP contribution in [-0.2, 0) is 6.42 Å². The Morgan fingerprint density at radius 2 is 2.00 bits per heavy atom. The maximum absolute atomic E-state index is 13.2. The molecule has 0 spiro atoms. The summed E-state index contributed by atoms with van der Waals surface area (Å²) in [6.45, 7) is 4.87. The fourth-order valence-electron chi connectivity index (χ4n) is 2.44. The smallest absolute Gasteiger partial charge is 0.123 e. The molecule has 2 aromatic rings. The zero-order chi connectivity index (χ0) is 15.4. The van der Waals surface area contributed by atoms with Crippen LogP contribution >= 0.6 is 27.5 Å². The van der Waals surface area contributed by atoms with Crippen LogP contribution in [0.3, 0.4) is 0 Å². The molecule has 1 N–H and O–H groups in total. The Balaban J connectivity index is 2.30. The van der Waals surface area contributed by atoms with Gasteiger partial charge in [-0.05, 0) is 66.9 Å². The Bertz CT molecular complexity index is 610. The molecular weight excluding hydrogens is 353 g/mol. The largest absolute Gasteiger partial charge is 0.310 e. The first kappa shape index (κ1) is 16.5. The van der Waals surface area contributed by atoms with Crippen molar-refractivity contribution in [3.8, 4) is 0 Å². The van der Waals surface area contributed by atoms with E-state index < -0.39 is 0 Å². The van der Waals surface area contributed by atoms with Crippen LogP contribution in [0.15, 0.2) is 40.9 Å². The van der Waals surface area contributed by atoms with Gasteiger partial charge in [-0.1, -0.05) is 40.5 Å². The maximum Gasteiger partial charge on any atom is 0.123 e. The van der Waals surface area contributed by atoms with Crippen molar-refractivity contribution in [1.29, 1.82) is 0 Å². The predicted octanol–water partition coefficient (Wildman–Crippen LogP) is 5.44. The summed E-state index contributed by atoms with van der Waals surface area (Å²) in [6, 6.07) is 11.0. The second kappa shape index (κ2) is 7.39. The SMILES string of the molecule is CCNC(Cc1ccc(F)cc1C)c1cc(Cl)cc(Br)c1. The van der Waals surface area contributed by atoms with Crippen molar-refractivity contribution in [1.82, 2.24) is 5.32 Å². The summed E-state index contributed by atoms with van der Waals surface area (Å²) >= 11 is 9.62. The lowest BCUT2D eigenvalue weighted by Crippen LogP contribution is -2.23. The summed E-state index contributed by atoms with van der Waals surface area (Å²) in [6.07, 6.45) is 0.798. The van der Waals surface area contributed by atoms with Gasteiger partial charge in [0.25, 0.3) is 0 Å². The van der Waals surface area contributed by atoms with E-state index in [1.54, 1.807) is 6.07 Å². The van der Waals surface area contributed by atoms with Crippen LogP contribution in [0, 0.1) is 12.7 Å². The third-order valence-corrected chi connectivity index (χ3v) is 4.14. The minimum atomic E-state index is -0.193. The van der Waals surface area contributed by atoms with Crippen molar-refractivity contribution in [3.63, 3.8) is 0 Å². The Morgan fingerprint density at radius 1 is 1.24 bits per heavy atom. The third kappa shape index (κ3) is 4.53. The first-order valence-electron chi connectivity index (χ1n) is 6.94. The molecule has 0 aliphatic heterocycles. The van der Waals surface area contributed by atoms with Crippen LogP contribution in [0.1, 0.15) is 29.7 Å². The van der Waals surface area contributed by atoms with Gasteiger partial charge in [-0.3, -0.25) is 0 Å². The molecule has 0 heterocycles. The number of aryl methyl sites for hydroxylation is 1. The second-order valence-corrected chi connectivity index (χ2v) is 6.44. The van der Waals surface area contributed by atoms with Crippen molar-refractivity contribution in [3.05, 3.63) is 68.4 Å². The lowest BCUT2D eigenvalue weighted by atomic mass is 9.96. The standard InChI is InChI=1S/C17H18BrClFN/c1-3-21-17(13-7-14(18)10-15(19)8-13)9-12-4-5-16(20)6-11(12)2/h4-8,10,17,21H,3,9H2,1-2H3. The topological polar surface area (TPSA) is 12.0 Å². The minimum Gasteiger partial charge on any atom is -0.310 e. The summed E-state index contributed by atoms with van der Waals surface area (Å²) in [4.78, 5) is 0. The average Bonchev–Trinajstić information content (AvgIpc) is 2.40. The van der Waals surface area contributed by atoms with Crippen LogP contribution in [0.5, 0.6) is 0 Å². The zero-order valence-corrected chi connectivity index (χ0v) is 14.4. The average molecular weight is 371 g/mol. The van der Waals surface area contributed by atoms with Crippen LogP contribution < -0.4 is 5.32 Å². The number of benzene rings is 2. The highest BCUT2D eigenvalue weighted by molar-refractivity contribution is 9.10. The highest BCUT2D eigenvalue weighted by atomic mass is 79.9. The number of likely N-dealkylation sites (N-methyl/N-ethyl adjacent to an activating group) is 1. The van der Waals surface area contributed by atoms with E-state index in [1.165, 1.54) is 6.07 Å². The summed E-state index contributed by atoms with van der Waals surface area (Å²) < 4.78 is 14.2. The normalized spacial score (nSPS) is 12.4. The van der Waals surface area contributed by atoms with Gasteiger partial charge in [0.15, 0.2) is 0 Å². The lowest BCUT2D eigenvalue weighted by molar-refractivity contribution is 0.547. The predicted molar refractivity (Wildman–Crippen MR) is 90.4 cm³/mol. The molecule has 0 aliphatic carbocycles. The molecule has 2 aromatic carbocycles. The molecule has 0 amide bonds. The van der Waals surface area contributed by atoms with E-state index in [0.717, 1.165) is 34.1 Å². The summed E-state index contributed by atoms with van der Waals surface area (Å²) in [5.41, 5.74) is 3.23. The van der Waals surface area contributed by atoms with E-state index in [0.29, 0.717) is 5.02 Å². The number of rotatable bonds is 5. The Hall–Kier alpha value is -0.900. The third-order valence-electron chi connectivity index (χ3n) is 3.47. The first-order valence-corrected chi connectivity index (χ1v) is 8.11. The zero-order valence-electron chi connectivity index (χ0n) is 12.1. The molecule has 0 saturated heterocycles. The molecule has 1 nitrogen and oxygen atoms in total. The lowest BCUT2D eigenvalue weighted by Gasteiger charge is -2.20. The molecular formula is C17H18BrClFN. The molecule has 0 aromatic heterocycles. The van der Waals surface area contributed by atoms with E-state index >= 15 is 0 Å². The van der Waals surface area contributed by atoms with Gasteiger partial charge in [0, 0.05) is 15.5 Å². The van der Waals surface area contributed by atoms with Gasteiger partial charge >= 0.3 is 0 Å². The van der Waals surface area contributed by atoms with E-state index in [9.17, 15) is 4.39 Å². The van der Waals surface area contributed by atoms with Gasteiger partial charge in [-0.15, -0.1) is 0 Å². The van der Waals surface area contributed by atoms with E-state index in [-0.39, 0.29) is 11.9 Å². The quantitative estimate of drug-likeness (QED) is 0.738. The van der Waals surface area contributed by atoms with Crippen LogP contribution in [0.2, 0.25) is 5.02 Å². The fourth-order valence-corrected chi connectivity index (χ4v) is 3.33. The van der Waals surface area contributed by atoms with Gasteiger partial charge < -0.3 is 5.32 Å². The Kier molecular flexibility index (Phi) is 5.80. The number of nitrogens with one attached hydrogen (secondary N) is 1. The number of hydrogen-bond acceptors (Lipinski definition) is 1. The maximum atomic E-state index is 13.2. The van der Waals surface area contributed by atoms with Crippen molar-refractivity contribution in [2.45, 2.75) is 26.3 Å². The molecule has 0 aliphatic rings. The minimum absolute atomic E-state index is 0.147. The summed E-state index contributed by atoms with van der Waals surface area (Å²) in [5.74, 6) is -0.193. The Labute approximate surface area is 138 Å². The molecule has 0 bridgehead atoms. The van der Waals surface area contributed by atoms with Crippen LogP contribution in [0.25, 0.3) is 0 Å². The van der Waals surface area contributed by atoms with Gasteiger partial charge in [-0.25, -0.2) is 4.39 Å². The molecule has 4 heteroatoms. The van der Waals surface area contributed by atoms with Gasteiger partial charge in [0.2, 0.25) is 0 Å². The van der Waals surface area contributed by atoms with Crippen LogP contribution in [0.4, 0.5) is 4.39 Å². The second-order valence-electron chi connectivity index (χ2n) is 5.09. The molecule has 1 unspecified atom stereocenters. The molecule has 2 rings (SSSR count). The molecule has 1 atom stereocenters.